The minimum absolute atomic E-state index is 0.0360. The number of hydrogen-bond acceptors (Lipinski definition) is 4. The highest BCUT2D eigenvalue weighted by Gasteiger charge is 2.07. The quantitative estimate of drug-likeness (QED) is 0.358. The van der Waals surface area contributed by atoms with Gasteiger partial charge in [-0.1, -0.05) is 52.3 Å². The van der Waals surface area contributed by atoms with Crippen molar-refractivity contribution in [1.29, 1.82) is 0 Å². The van der Waals surface area contributed by atoms with Crippen molar-refractivity contribution in [1.82, 2.24) is 5.43 Å². The molecule has 3 aromatic carbocycles. The van der Waals surface area contributed by atoms with Crippen LogP contribution >= 0.6 is 15.9 Å². The Hall–Kier alpha value is -3.45. The molecule has 0 saturated heterocycles. The second-order valence-corrected chi connectivity index (χ2v) is 7.25. The van der Waals surface area contributed by atoms with E-state index in [1.165, 1.54) is 6.21 Å². The fourth-order valence-corrected chi connectivity index (χ4v) is 2.93. The van der Waals surface area contributed by atoms with E-state index in [4.69, 9.17) is 4.74 Å². The topological polar surface area (TPSA) is 79.8 Å². The summed E-state index contributed by atoms with van der Waals surface area (Å²) in [6, 6.07) is 24.1. The summed E-state index contributed by atoms with van der Waals surface area (Å²) >= 11 is 3.34. The van der Waals surface area contributed by atoms with Crippen LogP contribution in [0.4, 0.5) is 5.69 Å². The molecule has 2 N–H and O–H groups in total. The molecule has 0 fully saturated rings. The van der Waals surface area contributed by atoms with Crippen LogP contribution < -0.4 is 15.5 Å². The van der Waals surface area contributed by atoms with E-state index in [2.05, 4.69) is 31.8 Å². The van der Waals surface area contributed by atoms with E-state index in [0.717, 1.165) is 15.8 Å². The smallest absolute Gasteiger partial charge is 0.240 e. The van der Waals surface area contributed by atoms with Crippen LogP contribution in [0.5, 0.6) is 11.5 Å². The third-order valence-corrected chi connectivity index (χ3v) is 4.42. The summed E-state index contributed by atoms with van der Waals surface area (Å²) in [5, 5.41) is 6.69. The number of benzene rings is 3. The first-order valence-electron chi connectivity index (χ1n) is 9.29. The lowest BCUT2D eigenvalue weighted by Gasteiger charge is -2.06. The summed E-state index contributed by atoms with van der Waals surface area (Å²) in [6.45, 7) is 0. The van der Waals surface area contributed by atoms with Crippen LogP contribution in [0.3, 0.4) is 0 Å². The Morgan fingerprint density at radius 2 is 1.60 bits per heavy atom. The molecule has 2 amide bonds. The van der Waals surface area contributed by atoms with Crippen molar-refractivity contribution < 1.29 is 14.3 Å². The predicted octanol–water partition coefficient (Wildman–Crippen LogP) is 5.11. The normalized spacial score (nSPS) is 10.6. The lowest BCUT2D eigenvalue weighted by molar-refractivity contribution is -0.124. The lowest BCUT2D eigenvalue weighted by atomic mass is 10.2. The van der Waals surface area contributed by atoms with Crippen LogP contribution in [0.15, 0.2) is 88.4 Å². The van der Waals surface area contributed by atoms with Gasteiger partial charge in [0.05, 0.1) is 6.21 Å². The molecule has 3 rings (SSSR count). The van der Waals surface area contributed by atoms with Gasteiger partial charge in [-0.25, -0.2) is 5.43 Å². The van der Waals surface area contributed by atoms with Gasteiger partial charge in [-0.15, -0.1) is 0 Å². The van der Waals surface area contributed by atoms with Gasteiger partial charge >= 0.3 is 0 Å². The molecule has 0 unspecified atom stereocenters. The molecule has 3 aromatic rings. The van der Waals surface area contributed by atoms with Crippen LogP contribution in [0.1, 0.15) is 18.4 Å². The van der Waals surface area contributed by atoms with Crippen LogP contribution in [0, 0.1) is 0 Å². The van der Waals surface area contributed by atoms with E-state index < -0.39 is 0 Å². The van der Waals surface area contributed by atoms with Crippen molar-refractivity contribution >= 4 is 39.6 Å². The van der Waals surface area contributed by atoms with Gasteiger partial charge in [-0.3, -0.25) is 9.59 Å². The molecule has 0 spiro atoms. The molecule has 30 heavy (non-hydrogen) atoms. The van der Waals surface area contributed by atoms with Crippen LogP contribution in [-0.2, 0) is 9.59 Å². The number of ether oxygens (including phenoxy) is 1. The molecule has 0 aliphatic heterocycles. The highest BCUT2D eigenvalue weighted by Crippen LogP contribution is 2.21. The maximum Gasteiger partial charge on any atom is 0.240 e. The summed E-state index contributed by atoms with van der Waals surface area (Å²) in [4.78, 5) is 23.9. The van der Waals surface area contributed by atoms with E-state index >= 15 is 0 Å². The number of anilines is 1. The molecular formula is C23H20BrN3O3. The Morgan fingerprint density at radius 1 is 0.867 bits per heavy atom. The SMILES string of the molecule is O=C(CCC(=O)Nc1cccc(Br)c1)NN=Cc1cccc(Oc2ccccc2)c1. The van der Waals surface area contributed by atoms with E-state index in [9.17, 15) is 9.59 Å². The monoisotopic (exact) mass is 465 g/mol. The van der Waals surface area contributed by atoms with Crippen LogP contribution in [0.2, 0.25) is 0 Å². The van der Waals surface area contributed by atoms with Gasteiger partial charge in [0.2, 0.25) is 11.8 Å². The number of rotatable bonds is 8. The molecule has 7 heteroatoms. The summed E-state index contributed by atoms with van der Waals surface area (Å²) in [5.41, 5.74) is 3.88. The maximum atomic E-state index is 12.0. The number of hydrazone groups is 1. The number of nitrogens with zero attached hydrogens (tertiary/aromatic N) is 1. The van der Waals surface area contributed by atoms with E-state index in [0.29, 0.717) is 11.4 Å². The second kappa shape index (κ2) is 10.9. The molecule has 0 atom stereocenters. The Morgan fingerprint density at radius 3 is 2.40 bits per heavy atom. The highest BCUT2D eigenvalue weighted by atomic mass is 79.9. The molecule has 0 aliphatic rings. The molecule has 0 bridgehead atoms. The van der Waals surface area contributed by atoms with E-state index in [1.54, 1.807) is 12.1 Å². The van der Waals surface area contributed by atoms with Gasteiger partial charge in [0.15, 0.2) is 0 Å². The number of carbonyl (C=O) groups excluding carboxylic acids is 2. The lowest BCUT2D eigenvalue weighted by Crippen LogP contribution is -2.20. The van der Waals surface area contributed by atoms with Crippen molar-refractivity contribution in [2.75, 3.05) is 5.32 Å². The van der Waals surface area contributed by atoms with Crippen molar-refractivity contribution in [3.05, 3.63) is 88.9 Å². The van der Waals surface area contributed by atoms with Crippen molar-refractivity contribution in [2.45, 2.75) is 12.8 Å². The molecule has 0 aromatic heterocycles. The van der Waals surface area contributed by atoms with E-state index in [-0.39, 0.29) is 24.7 Å². The molecule has 0 heterocycles. The molecule has 152 valence electrons. The number of amides is 2. The standard InChI is InChI=1S/C23H20BrN3O3/c24-18-7-5-8-19(15-18)26-22(28)12-13-23(29)27-25-16-17-6-4-11-21(14-17)30-20-9-2-1-3-10-20/h1-11,14-16H,12-13H2,(H,26,28)(H,27,29). The number of halogens is 1. The Kier molecular flexibility index (Phi) is 7.74. The van der Waals surface area contributed by atoms with Crippen molar-refractivity contribution in [3.63, 3.8) is 0 Å². The highest BCUT2D eigenvalue weighted by molar-refractivity contribution is 9.10. The molecular weight excluding hydrogens is 446 g/mol. The Balaban J connectivity index is 1.44. The fraction of sp³-hybridized carbons (Fsp3) is 0.0870. The van der Waals surface area contributed by atoms with Crippen LogP contribution in [0.25, 0.3) is 0 Å². The molecule has 6 nitrogen and oxygen atoms in total. The van der Waals surface area contributed by atoms with Gasteiger partial charge in [0, 0.05) is 23.0 Å². The number of nitrogens with one attached hydrogen (secondary N) is 2. The van der Waals surface area contributed by atoms with Gasteiger partial charge in [-0.05, 0) is 48.0 Å². The molecule has 0 saturated carbocycles. The zero-order chi connectivity index (χ0) is 21.2. The van der Waals surface area contributed by atoms with Crippen molar-refractivity contribution in [2.24, 2.45) is 5.10 Å². The summed E-state index contributed by atoms with van der Waals surface area (Å²) in [5.74, 6) is 0.826. The van der Waals surface area contributed by atoms with Crippen LogP contribution in [-0.4, -0.2) is 18.0 Å². The number of carbonyl (C=O) groups is 2. The molecule has 0 aliphatic carbocycles. The summed E-state index contributed by atoms with van der Waals surface area (Å²) < 4.78 is 6.64. The minimum atomic E-state index is -0.340. The van der Waals surface area contributed by atoms with E-state index in [1.807, 2.05) is 66.7 Å². The first-order chi connectivity index (χ1) is 14.6. The molecule has 0 radical (unpaired) electrons. The first kappa shape index (κ1) is 21.3. The number of hydrogen-bond donors (Lipinski definition) is 2. The van der Waals surface area contributed by atoms with Crippen molar-refractivity contribution in [3.8, 4) is 11.5 Å². The summed E-state index contributed by atoms with van der Waals surface area (Å²) in [6.07, 6.45) is 1.62. The average Bonchev–Trinajstić information content (AvgIpc) is 2.73. The van der Waals surface area contributed by atoms with Gasteiger partial charge in [0.1, 0.15) is 11.5 Å². The minimum Gasteiger partial charge on any atom is -0.457 e. The maximum absolute atomic E-state index is 12.0. The summed E-state index contributed by atoms with van der Waals surface area (Å²) in [7, 11) is 0. The van der Waals surface area contributed by atoms with Gasteiger partial charge < -0.3 is 10.1 Å². The third kappa shape index (κ3) is 7.18. The zero-order valence-corrected chi connectivity index (χ0v) is 17.6. The van der Waals surface area contributed by atoms with Gasteiger partial charge in [0.25, 0.3) is 0 Å². The van der Waals surface area contributed by atoms with Gasteiger partial charge in [-0.2, -0.15) is 5.10 Å². The fourth-order valence-electron chi connectivity index (χ4n) is 2.53. The Bertz CT molecular complexity index is 1040. The second-order valence-electron chi connectivity index (χ2n) is 6.34. The Labute approximate surface area is 183 Å². The number of para-hydroxylation sites is 1. The first-order valence-corrected chi connectivity index (χ1v) is 10.1. The zero-order valence-electron chi connectivity index (χ0n) is 16.0. The third-order valence-electron chi connectivity index (χ3n) is 3.93. The largest absolute Gasteiger partial charge is 0.457 e. The average molecular weight is 466 g/mol. The predicted molar refractivity (Wildman–Crippen MR) is 121 cm³/mol.